The highest BCUT2D eigenvalue weighted by atomic mass is 32.2. The second kappa shape index (κ2) is 10.0. The van der Waals surface area contributed by atoms with Crippen LogP contribution in [-0.2, 0) is 25.9 Å². The predicted octanol–water partition coefficient (Wildman–Crippen LogP) is 3.60. The van der Waals surface area contributed by atoms with E-state index in [-0.39, 0.29) is 17.7 Å². The van der Waals surface area contributed by atoms with Gasteiger partial charge in [-0.1, -0.05) is 25.1 Å². The lowest BCUT2D eigenvalue weighted by Gasteiger charge is -2.15. The van der Waals surface area contributed by atoms with Gasteiger partial charge >= 0.3 is 0 Å². The molecule has 1 aromatic heterocycles. The summed E-state index contributed by atoms with van der Waals surface area (Å²) >= 11 is 0. The summed E-state index contributed by atoms with van der Waals surface area (Å²) < 4.78 is 39.4. The molecule has 1 heterocycles. The first kappa shape index (κ1) is 24.9. The highest BCUT2D eigenvalue weighted by Gasteiger charge is 2.20. The van der Waals surface area contributed by atoms with Crippen LogP contribution >= 0.6 is 0 Å². The molecule has 0 saturated carbocycles. The minimum Gasteiger partial charge on any atom is -0.331 e. The van der Waals surface area contributed by atoms with E-state index >= 15 is 0 Å². The molecule has 2 aromatic carbocycles. The van der Waals surface area contributed by atoms with Gasteiger partial charge in [0, 0.05) is 17.6 Å². The number of carbonyl (C=O) groups is 1. The van der Waals surface area contributed by atoms with E-state index in [1.807, 2.05) is 0 Å². The Balaban J connectivity index is 2.02. The van der Waals surface area contributed by atoms with E-state index in [1.54, 1.807) is 48.7 Å². The van der Waals surface area contributed by atoms with Gasteiger partial charge in [-0.25, -0.2) is 12.8 Å². The molecular weight excluding hydrogens is 465 g/mol. The second-order valence-electron chi connectivity index (χ2n) is 7.72. The Bertz CT molecular complexity index is 1320. The first-order valence-electron chi connectivity index (χ1n) is 10.4. The van der Waals surface area contributed by atoms with Crippen LogP contribution in [0.2, 0.25) is 0 Å². The summed E-state index contributed by atoms with van der Waals surface area (Å²) in [7, 11) is -3.38. The van der Waals surface area contributed by atoms with E-state index in [0.29, 0.717) is 28.2 Å². The van der Waals surface area contributed by atoms with Crippen molar-refractivity contribution in [2.45, 2.75) is 37.8 Å². The highest BCUT2D eigenvalue weighted by Crippen LogP contribution is 2.31. The van der Waals surface area contributed by atoms with Crippen LogP contribution in [0, 0.1) is 22.9 Å². The molecule has 1 N–H and O–H groups in total. The Morgan fingerprint density at radius 1 is 1.21 bits per heavy atom. The molecule has 0 saturated heterocycles. The van der Waals surface area contributed by atoms with Crippen LogP contribution in [0.15, 0.2) is 59.5 Å². The number of benzene rings is 2. The molecule has 34 heavy (non-hydrogen) atoms. The van der Waals surface area contributed by atoms with Gasteiger partial charge in [-0.15, -0.1) is 10.1 Å². The third-order valence-corrected chi connectivity index (χ3v) is 6.38. The maximum Gasteiger partial charge on any atom is 0.296 e. The quantitative estimate of drug-likeness (QED) is 0.279. The SMILES string of the molecule is CCC(NC(=O)Cc1cc(-c2ccc(S(C)(=O)=O)cc2)n(-c2cccc(F)c2)c1C)O[N+](=O)[O-]. The van der Waals surface area contributed by atoms with E-state index in [9.17, 15) is 27.7 Å². The number of halogens is 1. The minimum atomic E-state index is -3.38. The van der Waals surface area contributed by atoms with Crippen LogP contribution in [0.25, 0.3) is 16.9 Å². The number of aromatic nitrogens is 1. The second-order valence-corrected chi connectivity index (χ2v) is 9.74. The van der Waals surface area contributed by atoms with Crippen molar-refractivity contribution in [1.82, 2.24) is 9.88 Å². The molecule has 0 aliphatic rings. The number of rotatable bonds is 9. The lowest BCUT2D eigenvalue weighted by molar-refractivity contribution is -0.769. The maximum absolute atomic E-state index is 14.0. The van der Waals surface area contributed by atoms with Crippen LogP contribution in [0.1, 0.15) is 24.6 Å². The van der Waals surface area contributed by atoms with Gasteiger partial charge in [0.25, 0.3) is 5.09 Å². The molecule has 0 aliphatic heterocycles. The number of carbonyl (C=O) groups excluding carboxylic acids is 1. The molecule has 3 aromatic rings. The molecule has 180 valence electrons. The van der Waals surface area contributed by atoms with Crippen molar-refractivity contribution in [2.24, 2.45) is 0 Å². The molecule has 9 nitrogen and oxygen atoms in total. The van der Waals surface area contributed by atoms with Crippen molar-refractivity contribution in [3.05, 3.63) is 81.8 Å². The molecule has 0 aliphatic carbocycles. The fourth-order valence-electron chi connectivity index (χ4n) is 3.58. The van der Waals surface area contributed by atoms with Gasteiger partial charge in [0.2, 0.25) is 5.91 Å². The normalized spacial score (nSPS) is 12.2. The number of hydrogen-bond donors (Lipinski definition) is 1. The molecular formula is C23H24FN3O6S. The Morgan fingerprint density at radius 3 is 2.44 bits per heavy atom. The summed E-state index contributed by atoms with van der Waals surface area (Å²) in [5.41, 5.74) is 3.08. The van der Waals surface area contributed by atoms with Gasteiger partial charge in [0.05, 0.1) is 17.0 Å². The maximum atomic E-state index is 14.0. The fraction of sp³-hybridized carbons (Fsp3) is 0.261. The fourth-order valence-corrected chi connectivity index (χ4v) is 4.21. The zero-order valence-electron chi connectivity index (χ0n) is 18.8. The number of sulfone groups is 1. The Hall–Kier alpha value is -3.73. The van der Waals surface area contributed by atoms with E-state index < -0.39 is 32.9 Å². The zero-order chi connectivity index (χ0) is 25.0. The molecule has 3 rings (SSSR count). The summed E-state index contributed by atoms with van der Waals surface area (Å²) in [6.45, 7) is 3.41. The van der Waals surface area contributed by atoms with Gasteiger partial charge < -0.3 is 9.88 Å². The zero-order valence-corrected chi connectivity index (χ0v) is 19.6. The first-order chi connectivity index (χ1) is 16.0. The van der Waals surface area contributed by atoms with Crippen molar-refractivity contribution in [1.29, 1.82) is 0 Å². The first-order valence-corrected chi connectivity index (χ1v) is 12.3. The van der Waals surface area contributed by atoms with Gasteiger partial charge in [0.15, 0.2) is 16.1 Å². The van der Waals surface area contributed by atoms with Gasteiger partial charge in [0.1, 0.15) is 5.82 Å². The van der Waals surface area contributed by atoms with Crippen LogP contribution < -0.4 is 5.32 Å². The number of nitrogens with one attached hydrogen (secondary N) is 1. The van der Waals surface area contributed by atoms with Crippen LogP contribution in [0.3, 0.4) is 0 Å². The van der Waals surface area contributed by atoms with E-state index in [4.69, 9.17) is 0 Å². The molecule has 1 unspecified atom stereocenters. The molecule has 1 amide bonds. The standard InChI is InChI=1S/C23H24FN3O6S/c1-4-23(33-27(29)30)25-22(28)13-17-12-21(16-8-10-20(11-9-16)34(3,31)32)26(15(17)2)19-7-5-6-18(24)14-19/h5-12,14,23H,4,13H2,1-3H3,(H,25,28). The number of hydrogen-bond acceptors (Lipinski definition) is 6. The predicted molar refractivity (Wildman–Crippen MR) is 123 cm³/mol. The van der Waals surface area contributed by atoms with Crippen LogP contribution in [0.5, 0.6) is 0 Å². The van der Waals surface area contributed by atoms with E-state index in [0.717, 1.165) is 6.26 Å². The van der Waals surface area contributed by atoms with Gasteiger partial charge in [-0.2, -0.15) is 0 Å². The topological polar surface area (TPSA) is 121 Å². The average Bonchev–Trinajstić information content (AvgIpc) is 3.08. The largest absolute Gasteiger partial charge is 0.331 e. The summed E-state index contributed by atoms with van der Waals surface area (Å²) in [4.78, 5) is 27.8. The monoisotopic (exact) mass is 489 g/mol. The molecule has 0 bridgehead atoms. The van der Waals surface area contributed by atoms with Crippen molar-refractivity contribution >= 4 is 15.7 Å². The summed E-state index contributed by atoms with van der Waals surface area (Å²) in [5.74, 6) is -0.918. The van der Waals surface area contributed by atoms with Crippen LogP contribution in [0.4, 0.5) is 4.39 Å². The summed E-state index contributed by atoms with van der Waals surface area (Å²) in [5, 5.41) is 12.1. The molecule has 0 fully saturated rings. The van der Waals surface area contributed by atoms with Gasteiger partial charge in [-0.3, -0.25) is 9.63 Å². The number of nitrogens with zero attached hydrogens (tertiary/aromatic N) is 2. The molecule has 11 heteroatoms. The van der Waals surface area contributed by atoms with Crippen molar-refractivity contribution in [2.75, 3.05) is 6.26 Å². The summed E-state index contributed by atoms with van der Waals surface area (Å²) in [6.07, 6.45) is 0.148. The van der Waals surface area contributed by atoms with Crippen molar-refractivity contribution in [3.8, 4) is 16.9 Å². The Labute approximate surface area is 196 Å². The Morgan fingerprint density at radius 2 is 1.88 bits per heavy atom. The lowest BCUT2D eigenvalue weighted by Crippen LogP contribution is -2.38. The minimum absolute atomic E-state index is 0.0971. The molecule has 0 spiro atoms. The van der Waals surface area contributed by atoms with E-state index in [1.165, 1.54) is 24.3 Å². The van der Waals surface area contributed by atoms with Crippen molar-refractivity contribution < 1.29 is 27.5 Å². The smallest absolute Gasteiger partial charge is 0.296 e. The lowest BCUT2D eigenvalue weighted by atomic mass is 10.1. The average molecular weight is 490 g/mol. The third-order valence-electron chi connectivity index (χ3n) is 5.25. The van der Waals surface area contributed by atoms with Gasteiger partial charge in [-0.05, 0) is 60.9 Å². The molecule has 0 radical (unpaired) electrons. The molecule has 1 atom stereocenters. The van der Waals surface area contributed by atoms with Crippen molar-refractivity contribution in [3.63, 3.8) is 0 Å². The highest BCUT2D eigenvalue weighted by molar-refractivity contribution is 7.90. The number of amides is 1. The third kappa shape index (κ3) is 5.79. The van der Waals surface area contributed by atoms with E-state index in [2.05, 4.69) is 10.2 Å². The Kier molecular flexibility index (Phi) is 7.35. The summed E-state index contributed by atoms with van der Waals surface area (Å²) in [6, 6.07) is 13.9. The van der Waals surface area contributed by atoms with Crippen LogP contribution in [-0.4, -0.2) is 36.5 Å².